The van der Waals surface area contributed by atoms with Gasteiger partial charge in [-0.25, -0.2) is 9.18 Å². The smallest absolute Gasteiger partial charge is 0.425 e. The van der Waals surface area contributed by atoms with Crippen LogP contribution in [0, 0.1) is 12.7 Å². The summed E-state index contributed by atoms with van der Waals surface area (Å²) >= 11 is 0. The average molecular weight is 441 g/mol. The van der Waals surface area contributed by atoms with E-state index < -0.39 is 18.4 Å². The highest BCUT2D eigenvalue weighted by atomic mass is 19.4. The van der Waals surface area contributed by atoms with Crippen molar-refractivity contribution < 1.29 is 27.1 Å². The van der Waals surface area contributed by atoms with Crippen molar-refractivity contribution >= 4 is 17.0 Å². The molecule has 170 valence electrons. The van der Waals surface area contributed by atoms with Gasteiger partial charge in [-0.15, -0.1) is 0 Å². The van der Waals surface area contributed by atoms with Crippen LogP contribution in [0.1, 0.15) is 43.9 Å². The van der Waals surface area contributed by atoms with Crippen LogP contribution >= 0.6 is 0 Å². The minimum absolute atomic E-state index is 0.0819. The molecule has 2 aliphatic heterocycles. The standard InChI is InChI=1S/C22H27F4N3O2/c1-14-17-12-16(23)4-5-18(17)27-19(14)13-29-9-3-6-21(29)7-10-28(11-8-21)20(30)31-15(2)22(24,25)26/h4-5,12,15,27H,3,6-11,13H2,1-2H3. The Bertz CT molecular complexity index is 964. The Hall–Kier alpha value is -2.29. The van der Waals surface area contributed by atoms with Gasteiger partial charge in [0.1, 0.15) is 5.82 Å². The van der Waals surface area contributed by atoms with Gasteiger partial charge >= 0.3 is 12.3 Å². The number of nitrogens with one attached hydrogen (secondary N) is 1. The summed E-state index contributed by atoms with van der Waals surface area (Å²) in [7, 11) is 0. The number of aryl methyl sites for hydroxylation is 1. The van der Waals surface area contributed by atoms with Gasteiger partial charge in [0, 0.05) is 41.8 Å². The van der Waals surface area contributed by atoms with Crippen LogP contribution in [-0.2, 0) is 11.3 Å². The summed E-state index contributed by atoms with van der Waals surface area (Å²) in [5.74, 6) is -0.266. The Labute approximate surface area is 178 Å². The number of aromatic amines is 1. The van der Waals surface area contributed by atoms with E-state index >= 15 is 0 Å². The molecule has 31 heavy (non-hydrogen) atoms. The lowest BCUT2D eigenvalue weighted by atomic mass is 9.85. The molecule has 2 aliphatic rings. The van der Waals surface area contributed by atoms with E-state index in [9.17, 15) is 22.4 Å². The maximum absolute atomic E-state index is 13.6. The molecular formula is C22H27F4N3O2. The summed E-state index contributed by atoms with van der Waals surface area (Å²) in [5.41, 5.74) is 2.89. The number of halogens is 4. The number of fused-ring (bicyclic) bond motifs is 1. The van der Waals surface area contributed by atoms with Crippen LogP contribution in [0.15, 0.2) is 18.2 Å². The molecule has 0 radical (unpaired) electrons. The van der Waals surface area contributed by atoms with Gasteiger partial charge in [-0.3, -0.25) is 4.90 Å². The number of benzene rings is 1. The van der Waals surface area contributed by atoms with E-state index in [0.29, 0.717) is 32.5 Å². The topological polar surface area (TPSA) is 48.6 Å². The molecule has 5 nitrogen and oxygen atoms in total. The van der Waals surface area contributed by atoms with Gasteiger partial charge in [0.2, 0.25) is 0 Å². The number of hydrogen-bond acceptors (Lipinski definition) is 3. The zero-order valence-corrected chi connectivity index (χ0v) is 17.7. The number of H-pyrrole nitrogens is 1. The van der Waals surface area contributed by atoms with Crippen LogP contribution in [0.25, 0.3) is 10.9 Å². The largest absolute Gasteiger partial charge is 0.437 e. The molecule has 0 bridgehead atoms. The van der Waals surface area contributed by atoms with E-state index in [-0.39, 0.29) is 11.4 Å². The lowest BCUT2D eigenvalue weighted by Gasteiger charge is -2.45. The van der Waals surface area contributed by atoms with E-state index in [4.69, 9.17) is 0 Å². The van der Waals surface area contributed by atoms with Crippen LogP contribution in [0.4, 0.5) is 22.4 Å². The second kappa shape index (κ2) is 8.00. The highest BCUT2D eigenvalue weighted by Crippen LogP contribution is 2.40. The van der Waals surface area contributed by atoms with Crippen LogP contribution in [0.5, 0.6) is 0 Å². The SMILES string of the molecule is Cc1c(CN2CCCC23CCN(C(=O)OC(C)C(F)(F)F)CC3)[nH]c2ccc(F)cc12. The third-order valence-corrected chi connectivity index (χ3v) is 6.90. The van der Waals surface area contributed by atoms with Gasteiger partial charge in [-0.2, -0.15) is 13.2 Å². The monoisotopic (exact) mass is 441 g/mol. The molecule has 2 aromatic rings. The fraction of sp³-hybridized carbons (Fsp3) is 0.591. The van der Waals surface area contributed by atoms with Gasteiger partial charge in [0.05, 0.1) is 0 Å². The van der Waals surface area contributed by atoms with Gasteiger partial charge in [-0.1, -0.05) is 0 Å². The normalized spacial score (nSPS) is 20.5. The van der Waals surface area contributed by atoms with Crippen LogP contribution in [0.3, 0.4) is 0 Å². The molecule has 0 aliphatic carbocycles. The van der Waals surface area contributed by atoms with Crippen molar-refractivity contribution in [3.05, 3.63) is 35.3 Å². The number of alkyl halides is 3. The van der Waals surface area contributed by atoms with Crippen LogP contribution in [-0.4, -0.2) is 58.3 Å². The number of piperidine rings is 1. The third-order valence-electron chi connectivity index (χ3n) is 6.90. The number of aromatic nitrogens is 1. The summed E-state index contributed by atoms with van der Waals surface area (Å²) < 4.78 is 56.3. The molecule has 9 heteroatoms. The molecule has 2 fully saturated rings. The predicted molar refractivity (Wildman–Crippen MR) is 108 cm³/mol. The van der Waals surface area contributed by atoms with Crippen LogP contribution < -0.4 is 0 Å². The molecule has 0 saturated carbocycles. The maximum atomic E-state index is 13.6. The Kier molecular flexibility index (Phi) is 5.66. The van der Waals surface area contributed by atoms with E-state index in [1.165, 1.54) is 17.0 Å². The van der Waals surface area contributed by atoms with Gasteiger partial charge in [0.25, 0.3) is 0 Å². The van der Waals surface area contributed by atoms with Gasteiger partial charge < -0.3 is 14.6 Å². The Morgan fingerprint density at radius 1 is 1.23 bits per heavy atom. The first-order chi connectivity index (χ1) is 14.6. The lowest BCUT2D eigenvalue weighted by molar-refractivity contribution is -0.200. The zero-order valence-electron chi connectivity index (χ0n) is 17.7. The predicted octanol–water partition coefficient (Wildman–Crippen LogP) is 5.13. The molecule has 1 amide bonds. The number of amides is 1. The highest BCUT2D eigenvalue weighted by molar-refractivity contribution is 5.84. The Balaban J connectivity index is 1.42. The molecule has 4 rings (SSSR count). The number of hydrogen-bond donors (Lipinski definition) is 1. The van der Waals surface area contributed by atoms with Gasteiger partial charge in [-0.05, 0) is 69.8 Å². The van der Waals surface area contributed by atoms with Crippen molar-refractivity contribution in [1.29, 1.82) is 0 Å². The molecule has 1 unspecified atom stereocenters. The molecule has 3 heterocycles. The summed E-state index contributed by atoms with van der Waals surface area (Å²) in [5, 5.41) is 0.875. The number of ether oxygens (including phenoxy) is 1. The van der Waals surface area contributed by atoms with Crippen molar-refractivity contribution in [2.45, 2.75) is 63.9 Å². The maximum Gasteiger partial charge on any atom is 0.425 e. The molecular weight excluding hydrogens is 414 g/mol. The molecule has 1 N–H and O–H groups in total. The number of rotatable bonds is 3. The van der Waals surface area contributed by atoms with Crippen molar-refractivity contribution in [2.24, 2.45) is 0 Å². The Morgan fingerprint density at radius 3 is 2.61 bits per heavy atom. The second-order valence-electron chi connectivity index (χ2n) is 8.72. The van der Waals surface area contributed by atoms with Crippen molar-refractivity contribution in [2.75, 3.05) is 19.6 Å². The van der Waals surface area contributed by atoms with E-state index in [1.54, 1.807) is 6.07 Å². The minimum Gasteiger partial charge on any atom is -0.437 e. The lowest BCUT2D eigenvalue weighted by Crippen LogP contribution is -2.53. The fourth-order valence-electron chi connectivity index (χ4n) is 4.91. The van der Waals surface area contributed by atoms with Crippen molar-refractivity contribution in [3.63, 3.8) is 0 Å². The first-order valence-corrected chi connectivity index (χ1v) is 10.6. The summed E-state index contributed by atoms with van der Waals surface area (Å²) in [6.07, 6.45) is -4.18. The number of nitrogens with zero attached hydrogens (tertiary/aromatic N) is 2. The third kappa shape index (κ3) is 4.24. The van der Waals surface area contributed by atoms with Crippen molar-refractivity contribution in [1.82, 2.24) is 14.8 Å². The van der Waals surface area contributed by atoms with Crippen LogP contribution in [0.2, 0.25) is 0 Å². The zero-order chi connectivity index (χ0) is 22.4. The fourth-order valence-corrected chi connectivity index (χ4v) is 4.91. The highest BCUT2D eigenvalue weighted by Gasteiger charge is 2.45. The first-order valence-electron chi connectivity index (χ1n) is 10.6. The number of carbonyl (C=O) groups excluding carboxylic acids is 1. The van der Waals surface area contributed by atoms with E-state index in [2.05, 4.69) is 14.6 Å². The van der Waals surface area contributed by atoms with E-state index in [1.807, 2.05) is 6.92 Å². The molecule has 1 spiro atoms. The minimum atomic E-state index is -4.56. The Morgan fingerprint density at radius 2 is 1.94 bits per heavy atom. The summed E-state index contributed by atoms with van der Waals surface area (Å²) in [6, 6.07) is 4.72. The average Bonchev–Trinajstić information content (AvgIpc) is 3.23. The summed E-state index contributed by atoms with van der Waals surface area (Å²) in [4.78, 5) is 19.3. The van der Waals surface area contributed by atoms with Gasteiger partial charge in [0.15, 0.2) is 6.10 Å². The summed E-state index contributed by atoms with van der Waals surface area (Å²) in [6.45, 7) is 5.18. The molecule has 1 aromatic heterocycles. The number of carbonyl (C=O) groups is 1. The van der Waals surface area contributed by atoms with E-state index in [0.717, 1.165) is 48.5 Å². The molecule has 1 atom stereocenters. The quantitative estimate of drug-likeness (QED) is 0.672. The van der Waals surface area contributed by atoms with Crippen molar-refractivity contribution in [3.8, 4) is 0 Å². The molecule has 1 aromatic carbocycles. The second-order valence-corrected chi connectivity index (χ2v) is 8.72. The first kappa shape index (κ1) is 21.9. The molecule has 2 saturated heterocycles. The number of likely N-dealkylation sites (tertiary alicyclic amines) is 2.